The summed E-state index contributed by atoms with van der Waals surface area (Å²) in [5.41, 5.74) is 13.8. The molecule has 27 nitrogen and oxygen atoms in total. The van der Waals surface area contributed by atoms with Crippen molar-refractivity contribution in [2.45, 2.75) is 216 Å². The number of nitrogens with two attached hydrogens (primary N) is 2. The van der Waals surface area contributed by atoms with Crippen molar-refractivity contribution in [2.24, 2.45) is 41.4 Å². The van der Waals surface area contributed by atoms with Gasteiger partial charge in [0.1, 0.15) is 66.2 Å². The Morgan fingerprint density at radius 2 is 0.935 bits per heavy atom. The van der Waals surface area contributed by atoms with Gasteiger partial charge >= 0.3 is 0 Å². The predicted molar refractivity (Wildman–Crippen MR) is 358 cm³/mol. The molecule has 2 heterocycles. The number of carbonyl (C=O) groups is 11. The Morgan fingerprint density at radius 1 is 0.495 bits per heavy atom. The normalized spacial score (nSPS) is 25.6. The number of aromatic amines is 1. The number of nitrogens with one attached hydrogen (secondary N) is 5. The summed E-state index contributed by atoms with van der Waals surface area (Å²) in [5, 5.41) is 23.5. The first-order chi connectivity index (χ1) is 43.0. The van der Waals surface area contributed by atoms with Gasteiger partial charge in [0.15, 0.2) is 0 Å². The molecule has 12 unspecified atom stereocenters. The van der Waals surface area contributed by atoms with E-state index in [1.165, 1.54) is 87.7 Å². The van der Waals surface area contributed by atoms with Crippen molar-refractivity contribution in [2.75, 3.05) is 67.3 Å². The number of hydrogen-bond acceptors (Lipinski definition) is 15. The minimum Gasteiger partial charge on any atom is -0.397 e. The smallest absolute Gasteiger partial charge is 0.246 e. The van der Waals surface area contributed by atoms with E-state index < -0.39 is 156 Å². The van der Waals surface area contributed by atoms with Gasteiger partial charge in [-0.15, -0.1) is 0 Å². The molecule has 11 amide bonds. The zero-order chi connectivity index (χ0) is 71.3. The minimum atomic E-state index is -1.74. The lowest BCUT2D eigenvalue weighted by atomic mass is 9.91. The molecule has 0 spiro atoms. The van der Waals surface area contributed by atoms with E-state index in [1.807, 2.05) is 55.4 Å². The highest BCUT2D eigenvalue weighted by molar-refractivity contribution is 6.00. The molecule has 1 aliphatic rings. The number of benzene rings is 1. The number of aliphatic hydroxyl groups excluding tert-OH is 1. The quantitative estimate of drug-likeness (QED) is 0.119. The molecule has 12 atom stereocenters. The van der Waals surface area contributed by atoms with Crippen LogP contribution in [0.25, 0.3) is 11.0 Å². The third-order valence-corrected chi connectivity index (χ3v) is 17.6. The Kier molecular flexibility index (Phi) is 29.6. The minimum absolute atomic E-state index is 0.0261. The van der Waals surface area contributed by atoms with Gasteiger partial charge in [-0.3, -0.25) is 52.7 Å². The molecule has 0 saturated carbocycles. The lowest BCUT2D eigenvalue weighted by Gasteiger charge is -2.41. The monoisotopic (exact) mass is 1310 g/mol. The standard InChI is InChI=1S/C66H113N15O12/c1-24-44-62(89)75(17)32-52(82)76(18)47(25-33(2)3)59(86)74-53(37(10)11)65(92)77(19)48(26-34(4)5)58(85)69-40(15)57(84)70-41(16)61(88)78(20)49(27-35(6)7)63(90)79(21)50(28-36(8)9)64(91)80(22)54(38(12)13)66(93)81(23)55(60(87)73-44)56(83)39(14)29-51-71-45-30-42(67)43(68)31-46(45)72-51/h30-31,33-41,44,47-50,53-56,83H,24-29,32,67-68H2,1-23H3,(H,69,85)(H,70,84)(H,71,72)(H,73,87)(H,74,86). The summed E-state index contributed by atoms with van der Waals surface area (Å²) in [4.78, 5) is 178. The van der Waals surface area contributed by atoms with Gasteiger partial charge in [0.25, 0.3) is 0 Å². The Hall–Kier alpha value is -7.58. The lowest BCUT2D eigenvalue weighted by molar-refractivity contribution is -0.157. The lowest BCUT2D eigenvalue weighted by Crippen LogP contribution is -2.63. The molecule has 3 rings (SSSR count). The zero-order valence-electron chi connectivity index (χ0n) is 59.7. The molecule has 0 aliphatic carbocycles. The predicted octanol–water partition coefficient (Wildman–Crippen LogP) is 2.59. The van der Waals surface area contributed by atoms with Crippen LogP contribution in [0.4, 0.5) is 11.4 Å². The summed E-state index contributed by atoms with van der Waals surface area (Å²) < 4.78 is 0. The molecular weight excluding hydrogens is 1190 g/mol. The number of hydrogen-bond donors (Lipinski definition) is 8. The van der Waals surface area contributed by atoms with Crippen LogP contribution >= 0.6 is 0 Å². The number of likely N-dealkylation sites (N-methyl/N-ethyl adjacent to an activating group) is 7. The maximum absolute atomic E-state index is 15.4. The number of aliphatic hydroxyl groups is 1. The van der Waals surface area contributed by atoms with Crippen LogP contribution in [0.3, 0.4) is 0 Å². The molecule has 2 aromatic rings. The molecule has 1 saturated heterocycles. The second-order valence-corrected chi connectivity index (χ2v) is 28.2. The molecular formula is C66H113N15O12. The molecule has 524 valence electrons. The van der Waals surface area contributed by atoms with Crippen molar-refractivity contribution in [3.8, 4) is 0 Å². The van der Waals surface area contributed by atoms with Crippen LogP contribution in [0.1, 0.15) is 149 Å². The summed E-state index contributed by atoms with van der Waals surface area (Å²) in [6.45, 7) is 27.3. The molecule has 0 radical (unpaired) electrons. The maximum Gasteiger partial charge on any atom is 0.246 e. The van der Waals surface area contributed by atoms with Crippen LogP contribution in [0.2, 0.25) is 0 Å². The number of nitrogen functional groups attached to an aromatic ring is 2. The number of H-pyrrole nitrogens is 1. The largest absolute Gasteiger partial charge is 0.397 e. The molecule has 0 bridgehead atoms. The summed E-state index contributed by atoms with van der Waals surface area (Å²) in [6.07, 6.45) is -1.14. The second-order valence-electron chi connectivity index (χ2n) is 28.2. The average Bonchev–Trinajstić information content (AvgIpc) is 1.56. The SMILES string of the molecule is CCC1NC(=O)C(C(O)C(C)Cc2nc3cc(N)c(N)cc3[nH]2)N(C)C(=O)C(C(C)C)N(C)C(=O)C(CC(C)C)N(C)C(=O)C(CC(C)C)N(C)C(=O)C(C)NC(=O)C(C)NC(=O)C(CC(C)C)N(C)C(=O)C(C(C)C)NC(=O)C(CC(C)C)N(C)C(=O)CN(C)C1=O. The van der Waals surface area contributed by atoms with Crippen LogP contribution in [0.5, 0.6) is 0 Å². The fourth-order valence-corrected chi connectivity index (χ4v) is 11.9. The highest BCUT2D eigenvalue weighted by Gasteiger charge is 2.46. The number of fused-ring (bicyclic) bond motifs is 1. The molecule has 1 aliphatic heterocycles. The van der Waals surface area contributed by atoms with Gasteiger partial charge in [0.2, 0.25) is 65.0 Å². The molecule has 93 heavy (non-hydrogen) atoms. The summed E-state index contributed by atoms with van der Waals surface area (Å²) in [7, 11) is 9.81. The summed E-state index contributed by atoms with van der Waals surface area (Å²) >= 11 is 0. The van der Waals surface area contributed by atoms with Gasteiger partial charge in [-0.25, -0.2) is 4.98 Å². The van der Waals surface area contributed by atoms with E-state index in [2.05, 4.69) is 31.2 Å². The van der Waals surface area contributed by atoms with E-state index >= 15 is 19.2 Å². The van der Waals surface area contributed by atoms with E-state index in [1.54, 1.807) is 53.7 Å². The summed E-state index contributed by atoms with van der Waals surface area (Å²) in [5.74, 6) is -10.0. The third-order valence-electron chi connectivity index (χ3n) is 17.6. The van der Waals surface area contributed by atoms with Crippen molar-refractivity contribution >= 4 is 87.4 Å². The third kappa shape index (κ3) is 20.7. The number of anilines is 2. The Labute approximate surface area is 551 Å². The van der Waals surface area contributed by atoms with E-state index in [9.17, 15) is 38.7 Å². The number of rotatable bonds is 15. The zero-order valence-corrected chi connectivity index (χ0v) is 59.7. The number of amides is 11. The van der Waals surface area contributed by atoms with Gasteiger partial charge in [-0.05, 0) is 99.5 Å². The number of imidazole rings is 1. The topological polar surface area (TPSA) is 360 Å². The van der Waals surface area contributed by atoms with Crippen LogP contribution in [-0.4, -0.2) is 237 Å². The Morgan fingerprint density at radius 3 is 1.43 bits per heavy atom. The van der Waals surface area contributed by atoms with Crippen molar-refractivity contribution in [3.63, 3.8) is 0 Å². The van der Waals surface area contributed by atoms with Crippen LogP contribution in [0, 0.1) is 41.4 Å². The molecule has 27 heteroatoms. The van der Waals surface area contributed by atoms with Gasteiger partial charge in [0.05, 0.1) is 35.1 Å². The highest BCUT2D eigenvalue weighted by atomic mass is 16.3. The molecule has 1 aromatic carbocycles. The van der Waals surface area contributed by atoms with Crippen molar-refractivity contribution < 1.29 is 57.8 Å². The molecule has 10 N–H and O–H groups in total. The van der Waals surface area contributed by atoms with Gasteiger partial charge in [-0.1, -0.05) is 96.9 Å². The number of aromatic nitrogens is 2. The summed E-state index contributed by atoms with van der Waals surface area (Å²) in [6, 6.07) is -9.56. The van der Waals surface area contributed by atoms with Gasteiger partial charge in [0, 0.05) is 55.8 Å². The van der Waals surface area contributed by atoms with Gasteiger partial charge in [-0.2, -0.15) is 0 Å². The Bertz CT molecular complexity index is 2930. The average molecular weight is 1310 g/mol. The van der Waals surface area contributed by atoms with E-state index in [0.717, 1.165) is 9.80 Å². The fraction of sp³-hybridized carbons (Fsp3) is 0.727. The molecule has 1 aromatic heterocycles. The second kappa shape index (κ2) is 34.5. The highest BCUT2D eigenvalue weighted by Crippen LogP contribution is 2.28. The van der Waals surface area contributed by atoms with Crippen molar-refractivity contribution in [3.05, 3.63) is 18.0 Å². The Balaban J connectivity index is 2.33. The maximum atomic E-state index is 15.4. The molecule has 1 fully saturated rings. The van der Waals surface area contributed by atoms with Crippen molar-refractivity contribution in [1.82, 2.24) is 65.5 Å². The number of nitrogens with zero attached hydrogens (tertiary/aromatic N) is 8. The van der Waals surface area contributed by atoms with Crippen molar-refractivity contribution in [1.29, 1.82) is 0 Å². The van der Waals surface area contributed by atoms with Crippen LogP contribution in [-0.2, 0) is 59.2 Å². The van der Waals surface area contributed by atoms with Crippen LogP contribution in [0.15, 0.2) is 12.1 Å². The van der Waals surface area contributed by atoms with E-state index in [0.29, 0.717) is 28.2 Å². The fourth-order valence-electron chi connectivity index (χ4n) is 11.9. The van der Waals surface area contributed by atoms with Gasteiger partial charge < -0.3 is 77.1 Å². The van der Waals surface area contributed by atoms with Crippen LogP contribution < -0.4 is 32.7 Å². The van der Waals surface area contributed by atoms with E-state index in [-0.39, 0.29) is 62.2 Å². The first kappa shape index (κ1) is 79.7. The van der Waals surface area contributed by atoms with E-state index in [4.69, 9.17) is 11.5 Å². The number of carbonyl (C=O) groups excluding carboxylic acids is 11. The first-order valence-corrected chi connectivity index (χ1v) is 32.8. The first-order valence-electron chi connectivity index (χ1n) is 32.8.